The van der Waals surface area contributed by atoms with Crippen molar-refractivity contribution in [3.63, 3.8) is 0 Å². The second-order valence-corrected chi connectivity index (χ2v) is 10.1. The molecule has 1 heterocycles. The molecule has 31 heavy (non-hydrogen) atoms. The molecule has 1 amide bonds. The number of carbonyl (C=O) groups excluding carboxylic acids is 1. The summed E-state index contributed by atoms with van der Waals surface area (Å²) in [6, 6.07) is 3.74. The van der Waals surface area contributed by atoms with Gasteiger partial charge in [0.05, 0.1) is 23.1 Å². The summed E-state index contributed by atoms with van der Waals surface area (Å²) in [7, 11) is 1.59. The van der Waals surface area contributed by atoms with Crippen LogP contribution in [0.3, 0.4) is 0 Å². The number of methoxy groups -OCH3 is 1. The van der Waals surface area contributed by atoms with E-state index in [1.165, 1.54) is 11.8 Å². The largest absolute Gasteiger partial charge is 0.493 e. The zero-order chi connectivity index (χ0) is 23.0. The van der Waals surface area contributed by atoms with Gasteiger partial charge in [0, 0.05) is 13.0 Å². The van der Waals surface area contributed by atoms with Gasteiger partial charge in [-0.3, -0.25) is 14.5 Å². The molecular formula is C22H28BrNO5S2. The van der Waals surface area contributed by atoms with Crippen LogP contribution in [0.15, 0.2) is 21.5 Å². The second kappa shape index (κ2) is 12.5. The van der Waals surface area contributed by atoms with E-state index in [1.54, 1.807) is 18.1 Å². The maximum absolute atomic E-state index is 12.8. The van der Waals surface area contributed by atoms with Crippen molar-refractivity contribution in [1.82, 2.24) is 4.90 Å². The van der Waals surface area contributed by atoms with E-state index in [9.17, 15) is 9.59 Å². The SMILES string of the molecule is COc1cc(/C=C2/SC(=S)N(CCCCCC(=O)O)C2=O)cc(Br)c1OCCC(C)C. The predicted molar refractivity (Wildman–Crippen MR) is 132 cm³/mol. The van der Waals surface area contributed by atoms with Crippen molar-refractivity contribution in [3.8, 4) is 11.5 Å². The number of carbonyl (C=O) groups is 2. The molecule has 0 saturated carbocycles. The van der Waals surface area contributed by atoms with Crippen LogP contribution in [-0.2, 0) is 9.59 Å². The number of hydrogen-bond acceptors (Lipinski definition) is 6. The lowest BCUT2D eigenvalue weighted by atomic mass is 10.1. The Bertz CT molecular complexity index is 857. The summed E-state index contributed by atoms with van der Waals surface area (Å²) in [5.41, 5.74) is 0.807. The Hall–Kier alpha value is -1.58. The standard InChI is InChI=1S/C22H28BrNO5S2/c1-14(2)8-10-29-20-16(23)11-15(12-17(20)28-3)13-18-21(27)24(22(30)31-18)9-6-4-5-7-19(25)26/h11-14H,4-10H2,1-3H3,(H,25,26)/b18-13+. The van der Waals surface area contributed by atoms with Crippen molar-refractivity contribution in [2.75, 3.05) is 20.3 Å². The van der Waals surface area contributed by atoms with E-state index in [1.807, 2.05) is 12.1 Å². The number of nitrogens with zero attached hydrogens (tertiary/aromatic N) is 1. The topological polar surface area (TPSA) is 76.1 Å². The molecule has 1 aromatic rings. The molecule has 1 aromatic carbocycles. The lowest BCUT2D eigenvalue weighted by molar-refractivity contribution is -0.137. The van der Waals surface area contributed by atoms with Crippen LogP contribution >= 0.6 is 39.9 Å². The number of thiocarbonyl (C=S) groups is 1. The maximum Gasteiger partial charge on any atom is 0.303 e. The minimum absolute atomic E-state index is 0.124. The Balaban J connectivity index is 2.07. The molecule has 0 spiro atoms. The van der Waals surface area contributed by atoms with Gasteiger partial charge in [0.2, 0.25) is 0 Å². The Labute approximate surface area is 201 Å². The number of unbranched alkanes of at least 4 members (excludes halogenated alkanes) is 2. The summed E-state index contributed by atoms with van der Waals surface area (Å²) < 4.78 is 12.7. The number of ether oxygens (including phenoxy) is 2. The van der Waals surface area contributed by atoms with E-state index in [0.29, 0.717) is 46.2 Å². The van der Waals surface area contributed by atoms with Crippen molar-refractivity contribution < 1.29 is 24.2 Å². The van der Waals surface area contributed by atoms with E-state index in [2.05, 4.69) is 29.8 Å². The Morgan fingerprint density at radius 3 is 2.71 bits per heavy atom. The third-order valence-electron chi connectivity index (χ3n) is 4.64. The summed E-state index contributed by atoms with van der Waals surface area (Å²) in [4.78, 5) is 25.5. The number of hydrogen-bond donors (Lipinski definition) is 1. The summed E-state index contributed by atoms with van der Waals surface area (Å²) in [6.45, 7) is 5.38. The first-order valence-corrected chi connectivity index (χ1v) is 12.2. The van der Waals surface area contributed by atoms with Crippen LogP contribution < -0.4 is 9.47 Å². The van der Waals surface area contributed by atoms with Crippen molar-refractivity contribution >= 4 is 62.2 Å². The number of rotatable bonds is 12. The second-order valence-electron chi connectivity index (χ2n) is 7.60. The first kappa shape index (κ1) is 25.7. The highest BCUT2D eigenvalue weighted by molar-refractivity contribution is 9.10. The molecule has 170 valence electrons. The summed E-state index contributed by atoms with van der Waals surface area (Å²) >= 11 is 10.2. The zero-order valence-electron chi connectivity index (χ0n) is 18.0. The Morgan fingerprint density at radius 1 is 1.32 bits per heavy atom. The van der Waals surface area contributed by atoms with Crippen LogP contribution in [0.25, 0.3) is 6.08 Å². The lowest BCUT2D eigenvalue weighted by Gasteiger charge is -2.15. The van der Waals surface area contributed by atoms with Gasteiger partial charge in [0.25, 0.3) is 5.91 Å². The van der Waals surface area contributed by atoms with Gasteiger partial charge in [-0.15, -0.1) is 0 Å². The van der Waals surface area contributed by atoms with E-state index < -0.39 is 5.97 Å². The Kier molecular flexibility index (Phi) is 10.3. The first-order chi connectivity index (χ1) is 14.7. The predicted octanol–water partition coefficient (Wildman–Crippen LogP) is 5.73. The highest BCUT2D eigenvalue weighted by Gasteiger charge is 2.31. The fourth-order valence-corrected chi connectivity index (χ4v) is 4.81. The van der Waals surface area contributed by atoms with Gasteiger partial charge >= 0.3 is 5.97 Å². The third-order valence-corrected chi connectivity index (χ3v) is 6.60. The molecule has 2 rings (SSSR count). The molecule has 9 heteroatoms. The van der Waals surface area contributed by atoms with E-state index >= 15 is 0 Å². The number of carboxylic acids is 1. The van der Waals surface area contributed by atoms with Gasteiger partial charge in [-0.1, -0.05) is 44.2 Å². The van der Waals surface area contributed by atoms with E-state index in [-0.39, 0.29) is 12.3 Å². The molecule has 1 aliphatic rings. The van der Waals surface area contributed by atoms with Gasteiger partial charge < -0.3 is 14.6 Å². The fourth-order valence-electron chi connectivity index (χ4n) is 2.93. The van der Waals surface area contributed by atoms with Gasteiger partial charge in [-0.25, -0.2) is 0 Å². The minimum Gasteiger partial charge on any atom is -0.493 e. The number of carboxylic acid groups (broad SMARTS) is 1. The average molecular weight is 531 g/mol. The fraction of sp³-hybridized carbons (Fsp3) is 0.500. The molecule has 1 N–H and O–H groups in total. The van der Waals surface area contributed by atoms with Gasteiger partial charge in [0.1, 0.15) is 4.32 Å². The molecule has 0 atom stereocenters. The summed E-state index contributed by atoms with van der Waals surface area (Å²) in [6.07, 6.45) is 4.94. The van der Waals surface area contributed by atoms with Crippen LogP contribution in [0.5, 0.6) is 11.5 Å². The molecule has 0 radical (unpaired) electrons. The van der Waals surface area contributed by atoms with Gasteiger partial charge in [-0.05, 0) is 64.9 Å². The lowest BCUT2D eigenvalue weighted by Crippen LogP contribution is -2.29. The highest BCUT2D eigenvalue weighted by atomic mass is 79.9. The highest BCUT2D eigenvalue weighted by Crippen LogP contribution is 2.39. The van der Waals surface area contributed by atoms with E-state index in [0.717, 1.165) is 29.3 Å². The number of amides is 1. The normalized spacial score (nSPS) is 15.3. The smallest absolute Gasteiger partial charge is 0.303 e. The van der Waals surface area contributed by atoms with Crippen LogP contribution in [0.1, 0.15) is 51.5 Å². The number of thioether (sulfide) groups is 1. The first-order valence-electron chi connectivity index (χ1n) is 10.2. The molecule has 0 bridgehead atoms. The van der Waals surface area contributed by atoms with Crippen LogP contribution in [0.2, 0.25) is 0 Å². The minimum atomic E-state index is -0.800. The zero-order valence-corrected chi connectivity index (χ0v) is 21.2. The molecule has 1 saturated heterocycles. The molecule has 1 aliphatic heterocycles. The number of aliphatic carboxylic acids is 1. The number of halogens is 1. The summed E-state index contributed by atoms with van der Waals surface area (Å²) in [5.74, 6) is 0.864. The molecular weight excluding hydrogens is 502 g/mol. The average Bonchev–Trinajstić information content (AvgIpc) is 2.95. The van der Waals surface area contributed by atoms with Crippen molar-refractivity contribution in [2.24, 2.45) is 5.92 Å². The van der Waals surface area contributed by atoms with Gasteiger partial charge in [0.15, 0.2) is 11.5 Å². The van der Waals surface area contributed by atoms with E-state index in [4.69, 9.17) is 26.8 Å². The molecule has 1 fully saturated rings. The van der Waals surface area contributed by atoms with Crippen molar-refractivity contribution in [1.29, 1.82) is 0 Å². The maximum atomic E-state index is 12.8. The van der Waals surface area contributed by atoms with Gasteiger partial charge in [-0.2, -0.15) is 0 Å². The summed E-state index contributed by atoms with van der Waals surface area (Å²) in [5, 5.41) is 8.71. The van der Waals surface area contributed by atoms with Crippen LogP contribution in [0.4, 0.5) is 0 Å². The quantitative estimate of drug-likeness (QED) is 0.210. The number of benzene rings is 1. The van der Waals surface area contributed by atoms with Crippen molar-refractivity contribution in [2.45, 2.75) is 46.0 Å². The Morgan fingerprint density at radius 2 is 2.06 bits per heavy atom. The van der Waals surface area contributed by atoms with Crippen molar-refractivity contribution in [3.05, 3.63) is 27.1 Å². The molecule has 0 aromatic heterocycles. The van der Waals surface area contributed by atoms with Crippen LogP contribution in [0, 0.1) is 5.92 Å². The molecule has 0 aliphatic carbocycles. The molecule has 0 unspecified atom stereocenters. The third kappa shape index (κ3) is 7.80. The monoisotopic (exact) mass is 529 g/mol. The molecule has 6 nitrogen and oxygen atoms in total. The van der Waals surface area contributed by atoms with Crippen LogP contribution in [-0.4, -0.2) is 46.5 Å².